The number of rotatable bonds is 2. The van der Waals surface area contributed by atoms with E-state index in [1.165, 1.54) is 13.8 Å². The smallest absolute Gasteiger partial charge is 0.211 e. The Labute approximate surface area is 75.0 Å². The molecule has 3 N–H and O–H groups in total. The normalized spacial score (nSPS) is 12.8. The molecule has 0 aliphatic heterocycles. The zero-order valence-corrected chi connectivity index (χ0v) is 7.55. The quantitative estimate of drug-likeness (QED) is 0.293. The SMILES string of the molecule is CC(=O)/C(N=NC(N)=S)=C(/C)O. The lowest BCUT2D eigenvalue weighted by Gasteiger charge is -1.94. The summed E-state index contributed by atoms with van der Waals surface area (Å²) >= 11 is 4.39. The number of aliphatic hydroxyl groups excluding tert-OH is 1. The minimum absolute atomic E-state index is 0.136. The van der Waals surface area contributed by atoms with Crippen LogP contribution in [0.25, 0.3) is 0 Å². The molecule has 0 aromatic rings. The number of allylic oxidation sites excluding steroid dienone is 2. The summed E-state index contributed by atoms with van der Waals surface area (Å²) in [5.41, 5.74) is 4.86. The van der Waals surface area contributed by atoms with Gasteiger partial charge in [0, 0.05) is 6.92 Å². The minimum Gasteiger partial charge on any atom is -0.510 e. The van der Waals surface area contributed by atoms with E-state index in [0.717, 1.165) is 0 Å². The standard InChI is InChI=1S/C6H9N3O2S/c1-3(10)5(4(2)11)8-9-6(7)12/h10H,1-2H3,(H2,7,12)/b5-3+,9-8?. The number of ketones is 1. The van der Waals surface area contributed by atoms with Gasteiger partial charge < -0.3 is 10.8 Å². The van der Waals surface area contributed by atoms with E-state index in [1.54, 1.807) is 0 Å². The average Bonchev–Trinajstić information content (AvgIpc) is 1.84. The topological polar surface area (TPSA) is 88.0 Å². The number of aliphatic hydroxyl groups is 1. The van der Waals surface area contributed by atoms with Crippen LogP contribution in [0.4, 0.5) is 0 Å². The first kappa shape index (κ1) is 10.7. The zero-order chi connectivity index (χ0) is 9.72. The van der Waals surface area contributed by atoms with Crippen LogP contribution in [0, 0.1) is 0 Å². The monoisotopic (exact) mass is 187 g/mol. The molecule has 12 heavy (non-hydrogen) atoms. The summed E-state index contributed by atoms with van der Waals surface area (Å²) in [5.74, 6) is -0.600. The van der Waals surface area contributed by atoms with Crippen molar-refractivity contribution in [2.45, 2.75) is 13.8 Å². The second-order valence-electron chi connectivity index (χ2n) is 2.03. The molecule has 5 nitrogen and oxygen atoms in total. The van der Waals surface area contributed by atoms with Gasteiger partial charge >= 0.3 is 0 Å². The van der Waals surface area contributed by atoms with Gasteiger partial charge in [-0.15, -0.1) is 10.2 Å². The first-order chi connectivity index (χ1) is 5.45. The molecule has 0 bridgehead atoms. The van der Waals surface area contributed by atoms with Crippen molar-refractivity contribution in [3.63, 3.8) is 0 Å². The zero-order valence-electron chi connectivity index (χ0n) is 6.74. The summed E-state index contributed by atoms with van der Waals surface area (Å²) in [4.78, 5) is 10.7. The van der Waals surface area contributed by atoms with E-state index in [1.807, 2.05) is 0 Å². The Morgan fingerprint density at radius 2 is 1.92 bits per heavy atom. The third kappa shape index (κ3) is 3.77. The van der Waals surface area contributed by atoms with Crippen LogP contribution in [-0.2, 0) is 4.79 Å². The van der Waals surface area contributed by atoms with E-state index in [2.05, 4.69) is 22.4 Å². The van der Waals surface area contributed by atoms with Crippen molar-refractivity contribution in [1.29, 1.82) is 0 Å². The lowest BCUT2D eigenvalue weighted by molar-refractivity contribution is -0.113. The fourth-order valence-electron chi connectivity index (χ4n) is 0.497. The number of hydrogen-bond donors (Lipinski definition) is 2. The molecule has 0 saturated heterocycles. The Balaban J connectivity index is 4.70. The Hall–Kier alpha value is -1.30. The molecule has 0 aromatic carbocycles. The third-order valence-corrected chi connectivity index (χ3v) is 1.01. The number of Topliss-reactive ketones (excluding diaryl/α,β-unsaturated/α-hetero) is 1. The Morgan fingerprint density at radius 3 is 2.17 bits per heavy atom. The summed E-state index contributed by atoms with van der Waals surface area (Å²) in [6, 6.07) is 0. The molecule has 0 heterocycles. The Bertz CT molecular complexity index is 266. The second-order valence-corrected chi connectivity index (χ2v) is 2.45. The largest absolute Gasteiger partial charge is 0.510 e. The Kier molecular flexibility index (Phi) is 4.06. The molecule has 0 aliphatic carbocycles. The van der Waals surface area contributed by atoms with Crippen LogP contribution in [0.5, 0.6) is 0 Å². The van der Waals surface area contributed by atoms with Gasteiger partial charge in [-0.3, -0.25) is 4.79 Å². The maximum Gasteiger partial charge on any atom is 0.211 e. The maximum absolute atomic E-state index is 10.7. The number of carbonyl (C=O) groups excluding carboxylic acids is 1. The highest BCUT2D eigenvalue weighted by atomic mass is 32.1. The van der Waals surface area contributed by atoms with Crippen molar-refractivity contribution in [3.8, 4) is 0 Å². The van der Waals surface area contributed by atoms with Gasteiger partial charge in [0.2, 0.25) is 5.11 Å². The minimum atomic E-state index is -0.394. The van der Waals surface area contributed by atoms with Crippen LogP contribution < -0.4 is 5.73 Å². The van der Waals surface area contributed by atoms with Gasteiger partial charge in [0.1, 0.15) is 5.76 Å². The van der Waals surface area contributed by atoms with Crippen molar-refractivity contribution in [2.24, 2.45) is 16.0 Å². The van der Waals surface area contributed by atoms with Crippen molar-refractivity contribution in [2.75, 3.05) is 0 Å². The number of nitrogens with zero attached hydrogens (tertiary/aromatic N) is 2. The molecule has 0 aromatic heterocycles. The number of hydrogen-bond acceptors (Lipinski definition) is 4. The van der Waals surface area contributed by atoms with E-state index < -0.39 is 5.78 Å². The molecular weight excluding hydrogens is 178 g/mol. The third-order valence-electron chi connectivity index (χ3n) is 0.925. The van der Waals surface area contributed by atoms with Crippen LogP contribution in [0.15, 0.2) is 21.7 Å². The maximum atomic E-state index is 10.7. The molecular formula is C6H9N3O2S. The average molecular weight is 187 g/mol. The van der Waals surface area contributed by atoms with Crippen molar-refractivity contribution < 1.29 is 9.90 Å². The molecule has 0 rings (SSSR count). The summed E-state index contributed by atoms with van der Waals surface area (Å²) in [5, 5.41) is 15.4. The van der Waals surface area contributed by atoms with Gasteiger partial charge in [0.25, 0.3) is 0 Å². The molecule has 0 spiro atoms. The summed E-state index contributed by atoms with van der Waals surface area (Å²) in [6.45, 7) is 2.59. The highest BCUT2D eigenvalue weighted by Crippen LogP contribution is 2.04. The van der Waals surface area contributed by atoms with Gasteiger partial charge in [0.15, 0.2) is 11.5 Å². The predicted molar refractivity (Wildman–Crippen MR) is 47.7 cm³/mol. The van der Waals surface area contributed by atoms with E-state index >= 15 is 0 Å². The molecule has 0 unspecified atom stereocenters. The summed E-state index contributed by atoms with van der Waals surface area (Å²) in [6.07, 6.45) is 0. The van der Waals surface area contributed by atoms with E-state index in [-0.39, 0.29) is 16.6 Å². The van der Waals surface area contributed by atoms with E-state index in [0.29, 0.717) is 0 Å². The van der Waals surface area contributed by atoms with Crippen molar-refractivity contribution in [1.82, 2.24) is 0 Å². The number of thiocarbonyl (C=S) groups is 1. The highest BCUT2D eigenvalue weighted by Gasteiger charge is 2.06. The first-order valence-corrected chi connectivity index (χ1v) is 3.48. The summed E-state index contributed by atoms with van der Waals surface area (Å²) in [7, 11) is 0. The van der Waals surface area contributed by atoms with Gasteiger partial charge in [-0.1, -0.05) is 0 Å². The second kappa shape index (κ2) is 4.55. The molecule has 0 fully saturated rings. The van der Waals surface area contributed by atoms with Crippen molar-refractivity contribution in [3.05, 3.63) is 11.5 Å². The number of carbonyl (C=O) groups is 1. The first-order valence-electron chi connectivity index (χ1n) is 3.07. The van der Waals surface area contributed by atoms with Gasteiger partial charge in [-0.25, -0.2) is 0 Å². The molecule has 6 heteroatoms. The highest BCUT2D eigenvalue weighted by molar-refractivity contribution is 7.80. The van der Waals surface area contributed by atoms with Crippen molar-refractivity contribution >= 4 is 23.1 Å². The lowest BCUT2D eigenvalue weighted by atomic mass is 10.3. The predicted octanol–water partition coefficient (Wildman–Crippen LogP) is 1.06. The fraction of sp³-hybridized carbons (Fsp3) is 0.333. The van der Waals surface area contributed by atoms with Crippen LogP contribution >= 0.6 is 12.2 Å². The van der Waals surface area contributed by atoms with Crippen LogP contribution in [-0.4, -0.2) is 16.0 Å². The van der Waals surface area contributed by atoms with Crippen LogP contribution in [0.3, 0.4) is 0 Å². The van der Waals surface area contributed by atoms with Gasteiger partial charge in [0.05, 0.1) is 0 Å². The molecule has 0 aliphatic rings. The number of nitrogens with two attached hydrogens (primary N) is 1. The summed E-state index contributed by atoms with van der Waals surface area (Å²) < 4.78 is 0. The van der Waals surface area contributed by atoms with Gasteiger partial charge in [-0.05, 0) is 19.1 Å². The molecule has 0 saturated carbocycles. The molecule has 0 atom stereocenters. The lowest BCUT2D eigenvalue weighted by Crippen LogP contribution is -2.04. The number of azo groups is 1. The van der Waals surface area contributed by atoms with E-state index in [4.69, 9.17) is 10.8 Å². The van der Waals surface area contributed by atoms with Gasteiger partial charge in [-0.2, -0.15) is 0 Å². The molecule has 0 radical (unpaired) electrons. The van der Waals surface area contributed by atoms with Crippen LogP contribution in [0.1, 0.15) is 13.8 Å². The van der Waals surface area contributed by atoms with Crippen LogP contribution in [0.2, 0.25) is 0 Å². The molecule has 66 valence electrons. The Morgan fingerprint density at radius 1 is 1.42 bits per heavy atom. The van der Waals surface area contributed by atoms with E-state index in [9.17, 15) is 4.79 Å². The fourth-order valence-corrected chi connectivity index (χ4v) is 0.538. The molecule has 0 amide bonds.